The molecule has 0 atom stereocenters. The highest BCUT2D eigenvalue weighted by atomic mass is 16.1. The molecule has 0 unspecified atom stereocenters. The Kier molecular flexibility index (Phi) is 2.84. The van der Waals surface area contributed by atoms with E-state index in [4.69, 9.17) is 0 Å². The van der Waals surface area contributed by atoms with Crippen LogP contribution in [0.5, 0.6) is 0 Å². The first-order valence-electron chi connectivity index (χ1n) is 5.67. The molecule has 0 bridgehead atoms. The fraction of sp³-hybridized carbons (Fsp3) is 0.286. The maximum absolute atomic E-state index is 12.1. The van der Waals surface area contributed by atoms with Crippen molar-refractivity contribution in [2.75, 3.05) is 0 Å². The number of carbonyl (C=O) groups excluding carboxylic acids is 1. The highest BCUT2D eigenvalue weighted by Crippen LogP contribution is 2.18. The highest BCUT2D eigenvalue weighted by Gasteiger charge is 2.10. The summed E-state index contributed by atoms with van der Waals surface area (Å²) < 4.78 is 0. The molecule has 0 fully saturated rings. The molecule has 0 saturated carbocycles. The van der Waals surface area contributed by atoms with E-state index >= 15 is 0 Å². The van der Waals surface area contributed by atoms with Crippen molar-refractivity contribution in [2.24, 2.45) is 0 Å². The van der Waals surface area contributed by atoms with E-state index in [1.165, 1.54) is 13.1 Å². The Labute approximate surface area is 99.5 Å². The van der Waals surface area contributed by atoms with Crippen molar-refractivity contribution in [3.05, 3.63) is 45.7 Å². The van der Waals surface area contributed by atoms with Crippen molar-refractivity contribution in [3.8, 4) is 0 Å². The summed E-state index contributed by atoms with van der Waals surface area (Å²) in [6, 6.07) is 5.75. The fourth-order valence-corrected chi connectivity index (χ4v) is 1.86. The number of fused-ring (bicyclic) bond motifs is 1. The summed E-state index contributed by atoms with van der Waals surface area (Å²) in [6.45, 7) is 5.55. The molecule has 0 radical (unpaired) electrons. The largest absolute Gasteiger partial charge is 0.360 e. The van der Waals surface area contributed by atoms with Crippen molar-refractivity contribution in [1.82, 2.24) is 4.98 Å². The lowest BCUT2D eigenvalue weighted by molar-refractivity contribution is 0.101. The number of hydrogen-bond donors (Lipinski definition) is 1. The number of hydrogen-bond acceptors (Lipinski definition) is 2. The van der Waals surface area contributed by atoms with Gasteiger partial charge in [-0.1, -0.05) is 19.9 Å². The maximum atomic E-state index is 12.1. The summed E-state index contributed by atoms with van der Waals surface area (Å²) in [7, 11) is 0. The first-order valence-corrected chi connectivity index (χ1v) is 5.67. The number of carbonyl (C=O) groups is 1. The third-order valence-electron chi connectivity index (χ3n) is 2.95. The number of ketones is 1. The van der Waals surface area contributed by atoms with Crippen LogP contribution in [0.2, 0.25) is 0 Å². The molecule has 0 aliphatic carbocycles. The molecule has 0 aliphatic heterocycles. The molecule has 0 spiro atoms. The number of nitrogens with one attached hydrogen (secondary N) is 1. The Morgan fingerprint density at radius 1 is 1.29 bits per heavy atom. The number of Topliss-reactive ketones (excluding diaryl/α,β-unsaturated/α-hetero) is 1. The zero-order chi connectivity index (χ0) is 12.6. The van der Waals surface area contributed by atoms with Crippen LogP contribution < -0.4 is 5.43 Å². The molecule has 1 aromatic heterocycles. The second-order valence-corrected chi connectivity index (χ2v) is 4.55. The van der Waals surface area contributed by atoms with Gasteiger partial charge in [-0.3, -0.25) is 9.59 Å². The van der Waals surface area contributed by atoms with Gasteiger partial charge in [0.05, 0.1) is 5.56 Å². The van der Waals surface area contributed by atoms with Gasteiger partial charge in [-0.25, -0.2) is 0 Å². The molecule has 88 valence electrons. The van der Waals surface area contributed by atoms with E-state index in [2.05, 4.69) is 18.8 Å². The molecular formula is C14H15NO2. The third-order valence-corrected chi connectivity index (χ3v) is 2.95. The monoisotopic (exact) mass is 229 g/mol. The highest BCUT2D eigenvalue weighted by molar-refractivity contribution is 5.97. The second kappa shape index (κ2) is 4.17. The molecule has 2 rings (SSSR count). The molecule has 0 saturated heterocycles. The predicted octanol–water partition coefficient (Wildman–Crippen LogP) is 2.85. The lowest BCUT2D eigenvalue weighted by Crippen LogP contribution is -2.13. The van der Waals surface area contributed by atoms with Crippen LogP contribution in [0.4, 0.5) is 0 Å². The molecule has 1 aromatic carbocycles. The van der Waals surface area contributed by atoms with Crippen LogP contribution in [0.25, 0.3) is 10.9 Å². The third kappa shape index (κ3) is 2.00. The van der Waals surface area contributed by atoms with Gasteiger partial charge in [0.2, 0.25) is 0 Å². The summed E-state index contributed by atoms with van der Waals surface area (Å²) in [5.41, 5.74) is 1.90. The van der Waals surface area contributed by atoms with E-state index < -0.39 is 0 Å². The van der Waals surface area contributed by atoms with E-state index in [0.29, 0.717) is 11.3 Å². The second-order valence-electron chi connectivity index (χ2n) is 4.55. The molecule has 2 aromatic rings. The zero-order valence-corrected chi connectivity index (χ0v) is 10.2. The molecule has 3 nitrogen and oxygen atoms in total. The number of H-pyrrole nitrogens is 1. The van der Waals surface area contributed by atoms with Crippen LogP contribution in [-0.4, -0.2) is 10.8 Å². The van der Waals surface area contributed by atoms with Crippen molar-refractivity contribution in [1.29, 1.82) is 0 Å². The van der Waals surface area contributed by atoms with Crippen LogP contribution in [0, 0.1) is 0 Å². The average molecular weight is 229 g/mol. The Balaban J connectivity index is 2.78. The summed E-state index contributed by atoms with van der Waals surface area (Å²) >= 11 is 0. The molecule has 1 heterocycles. The fourth-order valence-electron chi connectivity index (χ4n) is 1.86. The van der Waals surface area contributed by atoms with Gasteiger partial charge < -0.3 is 4.98 Å². The van der Waals surface area contributed by atoms with E-state index in [0.717, 1.165) is 11.1 Å². The van der Waals surface area contributed by atoms with Gasteiger partial charge in [-0.05, 0) is 30.5 Å². The Hall–Kier alpha value is -1.90. The summed E-state index contributed by atoms with van der Waals surface area (Å²) in [5, 5.41) is 0.587. The van der Waals surface area contributed by atoms with Gasteiger partial charge in [-0.2, -0.15) is 0 Å². The quantitative estimate of drug-likeness (QED) is 0.805. The molecular weight excluding hydrogens is 214 g/mol. The Bertz CT molecular complexity index is 638. The number of pyridine rings is 1. The van der Waals surface area contributed by atoms with Gasteiger partial charge in [0.15, 0.2) is 11.2 Å². The van der Waals surface area contributed by atoms with E-state index in [1.54, 1.807) is 0 Å². The zero-order valence-electron chi connectivity index (χ0n) is 10.2. The summed E-state index contributed by atoms with van der Waals surface area (Å²) in [5.74, 6) is 0.155. The Morgan fingerprint density at radius 2 is 2.00 bits per heavy atom. The first-order chi connectivity index (χ1) is 8.00. The molecule has 0 aliphatic rings. The van der Waals surface area contributed by atoms with Crippen molar-refractivity contribution in [2.45, 2.75) is 26.7 Å². The number of aromatic nitrogens is 1. The SMILES string of the molecule is CC(=O)c1c[nH]c2ccc(C(C)C)cc2c1=O. The lowest BCUT2D eigenvalue weighted by Gasteiger charge is -2.07. The minimum atomic E-state index is -0.205. The van der Waals surface area contributed by atoms with Gasteiger partial charge in [0, 0.05) is 17.1 Å². The summed E-state index contributed by atoms with van der Waals surface area (Å²) in [6.07, 6.45) is 1.49. The number of aromatic amines is 1. The summed E-state index contributed by atoms with van der Waals surface area (Å²) in [4.78, 5) is 26.4. The van der Waals surface area contributed by atoms with Crippen LogP contribution in [0.1, 0.15) is 42.6 Å². The Morgan fingerprint density at radius 3 is 2.59 bits per heavy atom. The molecule has 0 amide bonds. The van der Waals surface area contributed by atoms with Gasteiger partial charge in [-0.15, -0.1) is 0 Å². The van der Waals surface area contributed by atoms with E-state index in [9.17, 15) is 9.59 Å². The average Bonchev–Trinajstić information content (AvgIpc) is 2.28. The van der Waals surface area contributed by atoms with Crippen molar-refractivity contribution >= 4 is 16.7 Å². The van der Waals surface area contributed by atoms with Crippen LogP contribution in [0.3, 0.4) is 0 Å². The first kappa shape index (κ1) is 11.6. The topological polar surface area (TPSA) is 49.9 Å². The minimum absolute atomic E-state index is 0.186. The number of rotatable bonds is 2. The van der Waals surface area contributed by atoms with Crippen LogP contribution >= 0.6 is 0 Å². The molecule has 17 heavy (non-hydrogen) atoms. The van der Waals surface area contributed by atoms with E-state index in [1.807, 2.05) is 18.2 Å². The predicted molar refractivity (Wildman–Crippen MR) is 68.7 cm³/mol. The van der Waals surface area contributed by atoms with Gasteiger partial charge in [0.25, 0.3) is 0 Å². The van der Waals surface area contributed by atoms with Gasteiger partial charge in [0.1, 0.15) is 0 Å². The van der Waals surface area contributed by atoms with Crippen LogP contribution in [0.15, 0.2) is 29.2 Å². The normalized spacial score (nSPS) is 11.1. The lowest BCUT2D eigenvalue weighted by atomic mass is 10.00. The standard InChI is InChI=1S/C14H15NO2/c1-8(2)10-4-5-13-11(6-10)14(17)12(7-15-13)9(3)16/h4-8H,1-3H3,(H,15,17). The molecule has 1 N–H and O–H groups in total. The number of benzene rings is 1. The van der Waals surface area contributed by atoms with Crippen molar-refractivity contribution in [3.63, 3.8) is 0 Å². The smallest absolute Gasteiger partial charge is 0.200 e. The van der Waals surface area contributed by atoms with Crippen molar-refractivity contribution < 1.29 is 4.79 Å². The maximum Gasteiger partial charge on any atom is 0.200 e. The molecule has 3 heteroatoms. The minimum Gasteiger partial charge on any atom is -0.360 e. The van der Waals surface area contributed by atoms with Crippen LogP contribution in [-0.2, 0) is 0 Å². The van der Waals surface area contributed by atoms with Gasteiger partial charge >= 0.3 is 0 Å². The van der Waals surface area contributed by atoms with E-state index in [-0.39, 0.29) is 16.8 Å².